The molecule has 2 rings (SSSR count). The van der Waals surface area contributed by atoms with Crippen molar-refractivity contribution in [1.29, 1.82) is 0 Å². The van der Waals surface area contributed by atoms with Crippen LogP contribution in [0.15, 0.2) is 6.07 Å². The van der Waals surface area contributed by atoms with E-state index in [1.807, 2.05) is 14.0 Å². The van der Waals surface area contributed by atoms with Gasteiger partial charge in [-0.1, -0.05) is 0 Å². The molecule has 0 spiro atoms. The molecule has 1 amide bonds. The van der Waals surface area contributed by atoms with Gasteiger partial charge in [0.1, 0.15) is 0 Å². The molecule has 2 heterocycles. The molecular weight excluding hydrogens is 218 g/mol. The molecule has 94 valence electrons. The summed E-state index contributed by atoms with van der Waals surface area (Å²) in [7, 11) is 1.82. The van der Waals surface area contributed by atoms with Crippen LogP contribution < -0.4 is 0 Å². The summed E-state index contributed by atoms with van der Waals surface area (Å²) in [6.45, 7) is 4.78. The standard InChI is InChI=1S/C12H19N3O2/c1-9-7-10(13-14(9)3)11(16)15-6-4-5-12(2,17)8-15/h7,17H,4-6,8H2,1-3H3. The average molecular weight is 237 g/mol. The van der Waals surface area contributed by atoms with Crippen LogP contribution in [0.1, 0.15) is 35.9 Å². The smallest absolute Gasteiger partial charge is 0.274 e. The molecule has 5 nitrogen and oxygen atoms in total. The van der Waals surface area contributed by atoms with Gasteiger partial charge in [-0.25, -0.2) is 0 Å². The topological polar surface area (TPSA) is 58.4 Å². The molecule has 1 fully saturated rings. The van der Waals surface area contributed by atoms with Crippen LogP contribution in [0.3, 0.4) is 0 Å². The van der Waals surface area contributed by atoms with Crippen molar-refractivity contribution < 1.29 is 9.90 Å². The molecule has 0 bridgehead atoms. The van der Waals surface area contributed by atoms with E-state index in [0.717, 1.165) is 18.5 Å². The number of aliphatic hydroxyl groups is 1. The monoisotopic (exact) mass is 237 g/mol. The lowest BCUT2D eigenvalue weighted by Crippen LogP contribution is -2.48. The van der Waals surface area contributed by atoms with Crippen molar-refractivity contribution in [3.05, 3.63) is 17.5 Å². The largest absolute Gasteiger partial charge is 0.388 e. The third-order valence-corrected chi connectivity index (χ3v) is 3.29. The van der Waals surface area contributed by atoms with Gasteiger partial charge in [-0.2, -0.15) is 5.10 Å². The van der Waals surface area contributed by atoms with E-state index in [-0.39, 0.29) is 5.91 Å². The van der Waals surface area contributed by atoms with Crippen molar-refractivity contribution in [2.75, 3.05) is 13.1 Å². The molecule has 1 aliphatic rings. The lowest BCUT2D eigenvalue weighted by Gasteiger charge is -2.36. The number of rotatable bonds is 1. The number of aromatic nitrogens is 2. The SMILES string of the molecule is Cc1cc(C(=O)N2CCCC(C)(O)C2)nn1C. The van der Waals surface area contributed by atoms with Crippen molar-refractivity contribution in [1.82, 2.24) is 14.7 Å². The van der Waals surface area contributed by atoms with Gasteiger partial charge in [0, 0.05) is 25.8 Å². The van der Waals surface area contributed by atoms with Gasteiger partial charge in [0.25, 0.3) is 5.91 Å². The lowest BCUT2D eigenvalue weighted by molar-refractivity contribution is -0.0109. The minimum Gasteiger partial charge on any atom is -0.388 e. The van der Waals surface area contributed by atoms with Gasteiger partial charge in [-0.15, -0.1) is 0 Å². The number of carbonyl (C=O) groups excluding carboxylic acids is 1. The van der Waals surface area contributed by atoms with Gasteiger partial charge in [0.05, 0.1) is 5.60 Å². The molecular formula is C12H19N3O2. The first kappa shape index (κ1) is 12.1. The van der Waals surface area contributed by atoms with Crippen LogP contribution in [-0.4, -0.2) is 44.4 Å². The summed E-state index contributed by atoms with van der Waals surface area (Å²) >= 11 is 0. The first-order chi connectivity index (χ1) is 7.89. The van der Waals surface area contributed by atoms with Gasteiger partial charge < -0.3 is 10.0 Å². The Balaban J connectivity index is 2.15. The van der Waals surface area contributed by atoms with E-state index in [2.05, 4.69) is 5.10 Å². The van der Waals surface area contributed by atoms with E-state index in [0.29, 0.717) is 18.8 Å². The Morgan fingerprint density at radius 1 is 1.59 bits per heavy atom. The van der Waals surface area contributed by atoms with Crippen molar-refractivity contribution in [3.63, 3.8) is 0 Å². The number of aryl methyl sites for hydroxylation is 2. The zero-order valence-electron chi connectivity index (χ0n) is 10.6. The van der Waals surface area contributed by atoms with Gasteiger partial charge in [-0.3, -0.25) is 9.48 Å². The second kappa shape index (κ2) is 4.14. The molecule has 1 aliphatic heterocycles. The fourth-order valence-corrected chi connectivity index (χ4v) is 2.22. The highest BCUT2D eigenvalue weighted by Gasteiger charge is 2.32. The van der Waals surface area contributed by atoms with Crippen LogP contribution in [0.4, 0.5) is 0 Å². The Hall–Kier alpha value is -1.36. The normalized spacial score (nSPS) is 25.1. The highest BCUT2D eigenvalue weighted by Crippen LogP contribution is 2.21. The molecule has 1 unspecified atom stereocenters. The molecule has 5 heteroatoms. The van der Waals surface area contributed by atoms with Crippen molar-refractivity contribution in [3.8, 4) is 0 Å². The van der Waals surface area contributed by atoms with Gasteiger partial charge >= 0.3 is 0 Å². The van der Waals surface area contributed by atoms with Crippen molar-refractivity contribution >= 4 is 5.91 Å². The second-order valence-electron chi connectivity index (χ2n) is 5.12. The van der Waals surface area contributed by atoms with E-state index in [1.54, 1.807) is 22.6 Å². The summed E-state index contributed by atoms with van der Waals surface area (Å²) in [6.07, 6.45) is 1.59. The highest BCUT2D eigenvalue weighted by atomic mass is 16.3. The summed E-state index contributed by atoms with van der Waals surface area (Å²) in [4.78, 5) is 13.9. The quantitative estimate of drug-likeness (QED) is 0.782. The number of likely N-dealkylation sites (tertiary alicyclic amines) is 1. The Kier molecular flexibility index (Phi) is 2.95. The summed E-state index contributed by atoms with van der Waals surface area (Å²) < 4.78 is 1.69. The molecule has 0 radical (unpaired) electrons. The van der Waals surface area contributed by atoms with Crippen LogP contribution in [0.5, 0.6) is 0 Å². The predicted molar refractivity (Wildman–Crippen MR) is 63.7 cm³/mol. The molecule has 0 saturated carbocycles. The molecule has 0 aromatic carbocycles. The molecule has 1 aromatic rings. The Bertz CT molecular complexity index is 417. The zero-order valence-corrected chi connectivity index (χ0v) is 10.6. The van der Waals surface area contributed by atoms with Crippen molar-refractivity contribution in [2.24, 2.45) is 7.05 Å². The molecule has 1 saturated heterocycles. The maximum atomic E-state index is 12.2. The molecule has 0 aliphatic carbocycles. The number of β-amino-alcohol motifs (C(OH)–C–C–N with tert-alkyl or cyclic N) is 1. The predicted octanol–water partition coefficient (Wildman–Crippen LogP) is 0.716. The van der Waals surface area contributed by atoms with E-state index in [4.69, 9.17) is 0 Å². The number of nitrogens with zero attached hydrogens (tertiary/aromatic N) is 3. The lowest BCUT2D eigenvalue weighted by atomic mass is 9.95. The third kappa shape index (κ3) is 2.49. The molecule has 1 aromatic heterocycles. The number of piperidine rings is 1. The maximum Gasteiger partial charge on any atom is 0.274 e. The van der Waals surface area contributed by atoms with Gasteiger partial charge in [0.15, 0.2) is 5.69 Å². The van der Waals surface area contributed by atoms with E-state index in [9.17, 15) is 9.90 Å². The average Bonchev–Trinajstić information content (AvgIpc) is 2.57. The fraction of sp³-hybridized carbons (Fsp3) is 0.667. The Labute approximate surface area is 101 Å². The molecule has 17 heavy (non-hydrogen) atoms. The number of hydrogen-bond acceptors (Lipinski definition) is 3. The number of carbonyl (C=O) groups is 1. The highest BCUT2D eigenvalue weighted by molar-refractivity contribution is 5.92. The maximum absolute atomic E-state index is 12.2. The first-order valence-electron chi connectivity index (χ1n) is 5.91. The van der Waals surface area contributed by atoms with Gasteiger partial charge in [-0.05, 0) is 32.8 Å². The van der Waals surface area contributed by atoms with E-state index in [1.165, 1.54) is 0 Å². The Morgan fingerprint density at radius 2 is 2.29 bits per heavy atom. The number of hydrogen-bond donors (Lipinski definition) is 1. The summed E-state index contributed by atoms with van der Waals surface area (Å²) in [5, 5.41) is 14.2. The summed E-state index contributed by atoms with van der Waals surface area (Å²) in [5.74, 6) is -0.0892. The number of amides is 1. The summed E-state index contributed by atoms with van der Waals surface area (Å²) in [6, 6.07) is 1.78. The first-order valence-corrected chi connectivity index (χ1v) is 5.91. The van der Waals surface area contributed by atoms with Gasteiger partial charge in [0.2, 0.25) is 0 Å². The minimum absolute atomic E-state index is 0.0892. The van der Waals surface area contributed by atoms with Crippen LogP contribution in [0, 0.1) is 6.92 Å². The van der Waals surface area contributed by atoms with Crippen molar-refractivity contribution in [2.45, 2.75) is 32.3 Å². The second-order valence-corrected chi connectivity index (χ2v) is 5.12. The molecule has 1 N–H and O–H groups in total. The van der Waals surface area contributed by atoms with E-state index < -0.39 is 5.60 Å². The zero-order chi connectivity index (χ0) is 12.6. The third-order valence-electron chi connectivity index (χ3n) is 3.29. The summed E-state index contributed by atoms with van der Waals surface area (Å²) in [5.41, 5.74) is 0.650. The fourth-order valence-electron chi connectivity index (χ4n) is 2.22. The minimum atomic E-state index is -0.766. The molecule has 1 atom stereocenters. The van der Waals surface area contributed by atoms with E-state index >= 15 is 0 Å². The Morgan fingerprint density at radius 3 is 2.82 bits per heavy atom. The van der Waals surface area contributed by atoms with Crippen LogP contribution >= 0.6 is 0 Å². The van der Waals surface area contributed by atoms with Crippen LogP contribution in [-0.2, 0) is 7.05 Å². The van der Waals surface area contributed by atoms with Crippen LogP contribution in [0.25, 0.3) is 0 Å². The van der Waals surface area contributed by atoms with Crippen LogP contribution in [0.2, 0.25) is 0 Å².